The van der Waals surface area contributed by atoms with Crippen molar-refractivity contribution in [2.24, 2.45) is 0 Å². The number of amides is 1. The van der Waals surface area contributed by atoms with Crippen LogP contribution in [0.5, 0.6) is 0 Å². The summed E-state index contributed by atoms with van der Waals surface area (Å²) < 4.78 is 29.7. The molecule has 2 heterocycles. The van der Waals surface area contributed by atoms with Crippen LogP contribution < -0.4 is 10.0 Å². The third kappa shape index (κ3) is 4.36. The fourth-order valence-electron chi connectivity index (χ4n) is 3.75. The monoisotopic (exact) mass is 473 g/mol. The highest BCUT2D eigenvalue weighted by Crippen LogP contribution is 2.35. The lowest BCUT2D eigenvalue weighted by Gasteiger charge is -2.20. The maximum atomic E-state index is 13.4. The fourth-order valence-corrected chi connectivity index (χ4v) is 5.56. The summed E-state index contributed by atoms with van der Waals surface area (Å²) in [5, 5.41) is 5.28. The van der Waals surface area contributed by atoms with E-state index in [2.05, 4.69) is 15.0 Å². The molecule has 0 radical (unpaired) electrons. The van der Waals surface area contributed by atoms with Crippen molar-refractivity contribution in [2.75, 3.05) is 5.32 Å². The predicted octanol–water partition coefficient (Wildman–Crippen LogP) is 4.70. The van der Waals surface area contributed by atoms with E-state index in [9.17, 15) is 13.2 Å². The lowest BCUT2D eigenvalue weighted by molar-refractivity contribution is -0.110. The van der Waals surface area contributed by atoms with E-state index in [0.717, 1.165) is 11.1 Å². The van der Waals surface area contributed by atoms with E-state index in [-0.39, 0.29) is 10.8 Å². The van der Waals surface area contributed by atoms with Crippen molar-refractivity contribution in [3.05, 3.63) is 112 Å². The zero-order chi connectivity index (χ0) is 22.8. The molecule has 2 N–H and O–H groups in total. The van der Waals surface area contributed by atoms with Gasteiger partial charge < -0.3 is 5.32 Å². The number of carbonyl (C=O) groups is 1. The van der Waals surface area contributed by atoms with Gasteiger partial charge in [0, 0.05) is 22.8 Å². The lowest BCUT2D eigenvalue weighted by Crippen LogP contribution is -2.29. The van der Waals surface area contributed by atoms with Crippen LogP contribution in [0.4, 0.5) is 5.69 Å². The van der Waals surface area contributed by atoms with Crippen LogP contribution in [-0.2, 0) is 14.8 Å². The van der Waals surface area contributed by atoms with Crippen molar-refractivity contribution in [1.82, 2.24) is 9.71 Å². The molecule has 0 aliphatic carbocycles. The third-order valence-corrected chi connectivity index (χ3v) is 7.49. The van der Waals surface area contributed by atoms with Crippen LogP contribution in [0.25, 0.3) is 11.6 Å². The number of thiazole rings is 1. The Morgan fingerprint density at radius 3 is 2.21 bits per heavy atom. The number of carbonyl (C=O) groups excluding carboxylic acids is 1. The number of hydrogen-bond acceptors (Lipinski definition) is 5. The minimum atomic E-state index is -3.91. The quantitative estimate of drug-likeness (QED) is 0.397. The summed E-state index contributed by atoms with van der Waals surface area (Å²) in [5.74, 6) is -0.283. The number of benzene rings is 3. The molecule has 0 unspecified atom stereocenters. The Labute approximate surface area is 195 Å². The van der Waals surface area contributed by atoms with Crippen LogP contribution in [0.2, 0.25) is 0 Å². The number of sulfonamides is 1. The highest BCUT2D eigenvalue weighted by molar-refractivity contribution is 7.89. The highest BCUT2D eigenvalue weighted by Gasteiger charge is 2.28. The first-order valence-electron chi connectivity index (χ1n) is 10.2. The number of rotatable bonds is 6. The van der Waals surface area contributed by atoms with Crippen molar-refractivity contribution in [3.8, 4) is 0 Å². The van der Waals surface area contributed by atoms with Crippen molar-refractivity contribution >= 4 is 44.6 Å². The molecule has 0 spiro atoms. The number of anilines is 1. The van der Waals surface area contributed by atoms with Crippen LogP contribution in [0, 0.1) is 0 Å². The lowest BCUT2D eigenvalue weighted by atomic mass is 10.00. The Bertz CT molecular complexity index is 1390. The SMILES string of the molecule is O=C1Nc2ccc(S(=O)(=O)NC(c3ccccc3)c3ccccc3)cc2/C1=C\c1nccs1. The van der Waals surface area contributed by atoms with E-state index in [0.29, 0.717) is 21.8 Å². The molecule has 1 aromatic heterocycles. The first kappa shape index (κ1) is 21.3. The second-order valence-electron chi connectivity index (χ2n) is 7.47. The molecule has 4 aromatic rings. The Kier molecular flexibility index (Phi) is 5.63. The third-order valence-electron chi connectivity index (χ3n) is 5.34. The van der Waals surface area contributed by atoms with E-state index in [1.807, 2.05) is 66.0 Å². The Balaban J connectivity index is 1.53. The molecular weight excluding hydrogens is 454 g/mol. The van der Waals surface area contributed by atoms with E-state index in [1.54, 1.807) is 18.3 Å². The molecule has 0 fully saturated rings. The largest absolute Gasteiger partial charge is 0.321 e. The number of hydrogen-bond donors (Lipinski definition) is 2. The second-order valence-corrected chi connectivity index (χ2v) is 10.1. The van der Waals surface area contributed by atoms with Crippen LogP contribution in [0.15, 0.2) is 95.3 Å². The maximum absolute atomic E-state index is 13.4. The standard InChI is InChI=1S/C25H19N3O3S2/c29-25-21(16-23-26-13-14-32-23)20-15-19(11-12-22(20)27-25)33(30,31)28-24(17-7-3-1-4-8-17)18-9-5-2-6-10-18/h1-16,24,28H,(H,27,29)/b21-16+. The number of nitrogens with zero attached hydrogens (tertiary/aromatic N) is 1. The van der Waals surface area contributed by atoms with Gasteiger partial charge in [0.05, 0.1) is 16.5 Å². The molecule has 1 aliphatic heterocycles. The first-order chi connectivity index (χ1) is 16.0. The van der Waals surface area contributed by atoms with Gasteiger partial charge in [0.2, 0.25) is 10.0 Å². The molecule has 1 amide bonds. The molecular formula is C25H19N3O3S2. The Hall–Kier alpha value is -3.59. The molecule has 164 valence electrons. The number of fused-ring (bicyclic) bond motifs is 1. The average Bonchev–Trinajstić information content (AvgIpc) is 3.46. The van der Waals surface area contributed by atoms with Crippen LogP contribution in [-0.4, -0.2) is 19.3 Å². The van der Waals surface area contributed by atoms with Crippen molar-refractivity contribution in [2.45, 2.75) is 10.9 Å². The van der Waals surface area contributed by atoms with Crippen molar-refractivity contribution in [1.29, 1.82) is 0 Å². The summed E-state index contributed by atoms with van der Waals surface area (Å²) in [7, 11) is -3.91. The van der Waals surface area contributed by atoms with Gasteiger partial charge in [-0.15, -0.1) is 11.3 Å². The topological polar surface area (TPSA) is 88.2 Å². The van der Waals surface area contributed by atoms with E-state index in [4.69, 9.17) is 0 Å². The predicted molar refractivity (Wildman–Crippen MR) is 130 cm³/mol. The van der Waals surface area contributed by atoms with Gasteiger partial charge in [-0.05, 0) is 35.4 Å². The molecule has 3 aromatic carbocycles. The highest BCUT2D eigenvalue weighted by atomic mass is 32.2. The molecule has 1 aliphatic rings. The Morgan fingerprint density at radius 2 is 1.61 bits per heavy atom. The van der Waals surface area contributed by atoms with Gasteiger partial charge in [-0.2, -0.15) is 4.72 Å². The van der Waals surface area contributed by atoms with Gasteiger partial charge in [-0.1, -0.05) is 60.7 Å². The molecule has 8 heteroatoms. The molecule has 0 saturated carbocycles. The summed E-state index contributed by atoms with van der Waals surface area (Å²) in [4.78, 5) is 16.8. The summed E-state index contributed by atoms with van der Waals surface area (Å²) in [6, 6.07) is 22.9. The summed E-state index contributed by atoms with van der Waals surface area (Å²) in [6.07, 6.45) is 3.33. The van der Waals surface area contributed by atoms with Crippen molar-refractivity contribution in [3.63, 3.8) is 0 Å². The first-order valence-corrected chi connectivity index (χ1v) is 12.6. The van der Waals surface area contributed by atoms with E-state index < -0.39 is 16.1 Å². The van der Waals surface area contributed by atoms with Crippen LogP contribution in [0.3, 0.4) is 0 Å². The maximum Gasteiger partial charge on any atom is 0.256 e. The zero-order valence-electron chi connectivity index (χ0n) is 17.3. The molecule has 0 bridgehead atoms. The Morgan fingerprint density at radius 1 is 0.939 bits per heavy atom. The van der Waals surface area contributed by atoms with E-state index >= 15 is 0 Å². The van der Waals surface area contributed by atoms with Crippen LogP contribution in [0.1, 0.15) is 27.7 Å². The average molecular weight is 474 g/mol. The van der Waals surface area contributed by atoms with Crippen LogP contribution >= 0.6 is 11.3 Å². The van der Waals surface area contributed by atoms with Gasteiger partial charge in [0.25, 0.3) is 5.91 Å². The summed E-state index contributed by atoms with van der Waals surface area (Å²) in [6.45, 7) is 0. The van der Waals surface area contributed by atoms with Gasteiger partial charge in [-0.3, -0.25) is 4.79 Å². The number of nitrogens with one attached hydrogen (secondary N) is 2. The minimum Gasteiger partial charge on any atom is -0.321 e. The molecule has 6 nitrogen and oxygen atoms in total. The van der Waals surface area contributed by atoms with Gasteiger partial charge in [0.1, 0.15) is 5.01 Å². The fraction of sp³-hybridized carbons (Fsp3) is 0.0400. The number of aromatic nitrogens is 1. The van der Waals surface area contributed by atoms with E-state index in [1.165, 1.54) is 23.5 Å². The van der Waals surface area contributed by atoms with Gasteiger partial charge in [0.15, 0.2) is 0 Å². The summed E-state index contributed by atoms with van der Waals surface area (Å²) >= 11 is 1.40. The molecule has 0 saturated heterocycles. The molecule has 5 rings (SSSR count). The van der Waals surface area contributed by atoms with Gasteiger partial charge in [-0.25, -0.2) is 13.4 Å². The zero-order valence-corrected chi connectivity index (χ0v) is 18.9. The normalized spacial score (nSPS) is 14.5. The van der Waals surface area contributed by atoms with Gasteiger partial charge >= 0.3 is 0 Å². The molecule has 33 heavy (non-hydrogen) atoms. The molecule has 0 atom stereocenters. The summed E-state index contributed by atoms with van der Waals surface area (Å²) in [5.41, 5.74) is 3.16. The minimum absolute atomic E-state index is 0.0830. The van der Waals surface area contributed by atoms with Crippen molar-refractivity contribution < 1.29 is 13.2 Å². The smallest absolute Gasteiger partial charge is 0.256 e. The second kappa shape index (κ2) is 8.74.